The summed E-state index contributed by atoms with van der Waals surface area (Å²) >= 11 is 3.33. The number of carbonyl (C=O) groups is 1. The van der Waals surface area contributed by atoms with Crippen molar-refractivity contribution in [2.75, 3.05) is 26.2 Å². The van der Waals surface area contributed by atoms with Gasteiger partial charge in [-0.2, -0.15) is 0 Å². The maximum Gasteiger partial charge on any atom is 0.264 e. The quantitative estimate of drug-likeness (QED) is 0.849. The molecule has 0 unspecified atom stereocenters. The first-order chi connectivity index (χ1) is 11.1. The molecule has 1 amide bonds. The fourth-order valence-electron chi connectivity index (χ4n) is 2.95. The van der Waals surface area contributed by atoms with Crippen LogP contribution in [0.2, 0.25) is 0 Å². The van der Waals surface area contributed by atoms with E-state index < -0.39 is 0 Å². The summed E-state index contributed by atoms with van der Waals surface area (Å²) in [6.07, 6.45) is 0.996. The smallest absolute Gasteiger partial charge is 0.264 e. The van der Waals surface area contributed by atoms with Gasteiger partial charge in [-0.15, -0.1) is 22.7 Å². The van der Waals surface area contributed by atoms with Crippen LogP contribution in [0.15, 0.2) is 11.4 Å². The van der Waals surface area contributed by atoms with E-state index in [2.05, 4.69) is 35.2 Å². The van der Waals surface area contributed by atoms with Gasteiger partial charge in [0.1, 0.15) is 0 Å². The van der Waals surface area contributed by atoms with Gasteiger partial charge in [-0.25, -0.2) is 4.98 Å². The second kappa shape index (κ2) is 7.11. The fourth-order valence-corrected chi connectivity index (χ4v) is 4.64. The predicted molar refractivity (Wildman–Crippen MR) is 96.5 cm³/mol. The molecular formula is C17H23N3OS2. The molecular weight excluding hydrogens is 326 g/mol. The fraction of sp³-hybridized carbons (Fsp3) is 0.529. The Hall–Kier alpha value is -1.24. The molecule has 1 aliphatic heterocycles. The Morgan fingerprint density at radius 2 is 2.00 bits per heavy atom. The molecule has 0 N–H and O–H groups in total. The number of aromatic nitrogens is 1. The van der Waals surface area contributed by atoms with E-state index in [1.165, 1.54) is 10.4 Å². The molecule has 0 aromatic carbocycles. The van der Waals surface area contributed by atoms with Gasteiger partial charge >= 0.3 is 0 Å². The van der Waals surface area contributed by atoms with Gasteiger partial charge in [-0.3, -0.25) is 9.69 Å². The number of hydrogen-bond donors (Lipinski definition) is 0. The molecule has 3 heterocycles. The highest BCUT2D eigenvalue weighted by Gasteiger charge is 2.24. The number of nitrogens with zero attached hydrogens (tertiary/aromatic N) is 3. The van der Waals surface area contributed by atoms with Gasteiger partial charge in [0, 0.05) is 43.0 Å². The van der Waals surface area contributed by atoms with E-state index >= 15 is 0 Å². The zero-order valence-corrected chi connectivity index (χ0v) is 15.6. The first-order valence-electron chi connectivity index (χ1n) is 8.08. The number of aryl methyl sites for hydroxylation is 3. The molecule has 2 aromatic rings. The van der Waals surface area contributed by atoms with Crippen LogP contribution in [0.1, 0.15) is 37.7 Å². The number of thiophene rings is 1. The molecule has 0 aliphatic carbocycles. The monoisotopic (exact) mass is 349 g/mol. The molecule has 1 saturated heterocycles. The van der Waals surface area contributed by atoms with Crippen LogP contribution in [0.4, 0.5) is 0 Å². The van der Waals surface area contributed by atoms with Crippen LogP contribution in [0.25, 0.3) is 0 Å². The Morgan fingerprint density at radius 1 is 1.26 bits per heavy atom. The zero-order chi connectivity index (χ0) is 16.4. The van der Waals surface area contributed by atoms with E-state index in [1.54, 1.807) is 22.7 Å². The predicted octanol–water partition coefficient (Wildman–Crippen LogP) is 3.34. The van der Waals surface area contributed by atoms with Crippen LogP contribution >= 0.6 is 22.7 Å². The third kappa shape index (κ3) is 3.82. The van der Waals surface area contributed by atoms with E-state index in [-0.39, 0.29) is 5.91 Å². The average molecular weight is 350 g/mol. The van der Waals surface area contributed by atoms with Crippen molar-refractivity contribution in [2.24, 2.45) is 0 Å². The Kier molecular flexibility index (Phi) is 5.14. The van der Waals surface area contributed by atoms with E-state index in [4.69, 9.17) is 0 Å². The minimum Gasteiger partial charge on any atom is -0.335 e. The summed E-state index contributed by atoms with van der Waals surface area (Å²) in [5, 5.41) is 3.25. The van der Waals surface area contributed by atoms with Crippen LogP contribution < -0.4 is 0 Å². The lowest BCUT2D eigenvalue weighted by Crippen LogP contribution is -2.48. The van der Waals surface area contributed by atoms with E-state index in [0.717, 1.165) is 54.7 Å². The summed E-state index contributed by atoms with van der Waals surface area (Å²) in [6, 6.07) is 2.08. The van der Waals surface area contributed by atoms with Crippen LogP contribution in [0, 0.1) is 13.8 Å². The van der Waals surface area contributed by atoms with Gasteiger partial charge < -0.3 is 4.90 Å². The first-order valence-corrected chi connectivity index (χ1v) is 9.78. The van der Waals surface area contributed by atoms with Gasteiger partial charge in [-0.1, -0.05) is 6.92 Å². The average Bonchev–Trinajstić information content (AvgIpc) is 3.13. The molecule has 124 valence electrons. The van der Waals surface area contributed by atoms with E-state index in [0.29, 0.717) is 0 Å². The van der Waals surface area contributed by atoms with Crippen LogP contribution in [0.5, 0.6) is 0 Å². The lowest BCUT2D eigenvalue weighted by atomic mass is 10.2. The number of thiazole rings is 1. The second-order valence-electron chi connectivity index (χ2n) is 5.97. The number of piperazine rings is 1. The highest BCUT2D eigenvalue weighted by atomic mass is 32.1. The van der Waals surface area contributed by atoms with Crippen molar-refractivity contribution < 1.29 is 4.79 Å². The molecule has 0 atom stereocenters. The van der Waals surface area contributed by atoms with Gasteiger partial charge in [0.15, 0.2) is 0 Å². The minimum absolute atomic E-state index is 0.196. The summed E-state index contributed by atoms with van der Waals surface area (Å²) in [6.45, 7) is 10.6. The van der Waals surface area contributed by atoms with Gasteiger partial charge in [0.05, 0.1) is 15.6 Å². The number of rotatable bonds is 4. The lowest BCUT2D eigenvalue weighted by molar-refractivity contribution is 0.0632. The standard InChI is InChI=1S/C17H23N3OS2/c1-4-14-9-16(23-12(14)2)17(21)20-7-5-19(6-8-20)10-15-11-22-13(3)18-15/h9,11H,4-8,10H2,1-3H3. The molecule has 1 fully saturated rings. The van der Waals surface area contributed by atoms with Crippen molar-refractivity contribution in [3.63, 3.8) is 0 Å². The van der Waals surface area contributed by atoms with Gasteiger partial charge in [-0.05, 0) is 31.9 Å². The summed E-state index contributed by atoms with van der Waals surface area (Å²) in [5.74, 6) is 0.196. The zero-order valence-electron chi connectivity index (χ0n) is 14.0. The Labute approximate surface area is 145 Å². The number of carbonyl (C=O) groups excluding carboxylic acids is 1. The summed E-state index contributed by atoms with van der Waals surface area (Å²) in [4.78, 5) is 23.7. The molecule has 4 nitrogen and oxygen atoms in total. The first kappa shape index (κ1) is 16.6. The lowest BCUT2D eigenvalue weighted by Gasteiger charge is -2.34. The SMILES string of the molecule is CCc1cc(C(=O)N2CCN(Cc3csc(C)n3)CC2)sc1C. The van der Waals surface area contributed by atoms with Crippen LogP contribution in [-0.2, 0) is 13.0 Å². The Morgan fingerprint density at radius 3 is 2.57 bits per heavy atom. The van der Waals surface area contributed by atoms with Crippen molar-refractivity contribution >= 4 is 28.6 Å². The molecule has 2 aromatic heterocycles. The summed E-state index contributed by atoms with van der Waals surface area (Å²) in [7, 11) is 0. The Bertz CT molecular complexity index is 684. The van der Waals surface area contributed by atoms with E-state index in [1.807, 2.05) is 11.8 Å². The van der Waals surface area contributed by atoms with Crippen molar-refractivity contribution in [1.29, 1.82) is 0 Å². The third-order valence-corrected chi connectivity index (χ3v) is 6.23. The molecule has 0 radical (unpaired) electrons. The van der Waals surface area contributed by atoms with Crippen molar-refractivity contribution in [1.82, 2.24) is 14.8 Å². The van der Waals surface area contributed by atoms with Gasteiger partial charge in [0.2, 0.25) is 0 Å². The number of hydrogen-bond acceptors (Lipinski definition) is 5. The molecule has 0 bridgehead atoms. The van der Waals surface area contributed by atoms with E-state index in [9.17, 15) is 4.79 Å². The largest absolute Gasteiger partial charge is 0.335 e. The van der Waals surface area contributed by atoms with Crippen molar-refractivity contribution in [3.05, 3.63) is 37.5 Å². The molecule has 0 spiro atoms. The molecule has 0 saturated carbocycles. The second-order valence-corrected chi connectivity index (χ2v) is 8.29. The molecule has 6 heteroatoms. The normalized spacial score (nSPS) is 16.0. The minimum atomic E-state index is 0.196. The maximum absolute atomic E-state index is 12.7. The van der Waals surface area contributed by atoms with Crippen molar-refractivity contribution in [2.45, 2.75) is 33.7 Å². The molecule has 1 aliphatic rings. The van der Waals surface area contributed by atoms with Crippen LogP contribution in [0.3, 0.4) is 0 Å². The highest BCUT2D eigenvalue weighted by Crippen LogP contribution is 2.24. The topological polar surface area (TPSA) is 36.4 Å². The number of amides is 1. The Balaban J connectivity index is 1.56. The summed E-state index contributed by atoms with van der Waals surface area (Å²) < 4.78 is 0. The highest BCUT2D eigenvalue weighted by molar-refractivity contribution is 7.14. The summed E-state index contributed by atoms with van der Waals surface area (Å²) in [5.41, 5.74) is 2.45. The van der Waals surface area contributed by atoms with Crippen molar-refractivity contribution in [3.8, 4) is 0 Å². The molecule has 23 heavy (non-hydrogen) atoms. The third-order valence-electron chi connectivity index (χ3n) is 4.32. The van der Waals surface area contributed by atoms with Gasteiger partial charge in [0.25, 0.3) is 5.91 Å². The van der Waals surface area contributed by atoms with Crippen LogP contribution in [-0.4, -0.2) is 46.9 Å². The maximum atomic E-state index is 12.7. The molecule has 3 rings (SSSR count).